The third kappa shape index (κ3) is 9.35. The summed E-state index contributed by atoms with van der Waals surface area (Å²) in [5, 5.41) is 18.0. The number of carbonyl (C=O) groups excluding carboxylic acids is 2. The summed E-state index contributed by atoms with van der Waals surface area (Å²) in [6.45, 7) is 0.373. The van der Waals surface area contributed by atoms with Gasteiger partial charge in [0.25, 0.3) is 0 Å². The molecule has 0 fully saturated rings. The molecule has 0 aliphatic rings. The Hall–Kier alpha value is -2.20. The van der Waals surface area contributed by atoms with Crippen molar-refractivity contribution in [3.8, 4) is 0 Å². The molecular formula is C11H21N5O5. The molecule has 21 heavy (non-hydrogen) atoms. The molecule has 0 rings (SSSR count). The SMILES string of the molecule is N=C(N)NCCC[C@H](N)C(=O)OC(=O)CC[C@H](N)C(=O)O. The van der Waals surface area contributed by atoms with E-state index in [1.807, 2.05) is 0 Å². The maximum Gasteiger partial charge on any atom is 0.330 e. The standard InChI is InChI=1S/C11H21N5O5/c12-6(9(18)19)3-4-8(17)21-10(20)7(13)2-1-5-16-11(14)15/h6-7H,1-5,12-13H2,(H,18,19)(H4,14,15,16)/t6-,7-/m0/s1. The summed E-state index contributed by atoms with van der Waals surface area (Å²) < 4.78 is 4.48. The van der Waals surface area contributed by atoms with Crippen molar-refractivity contribution in [2.24, 2.45) is 17.2 Å². The highest BCUT2D eigenvalue weighted by Crippen LogP contribution is 2.01. The molecule has 0 aromatic rings. The van der Waals surface area contributed by atoms with Crippen LogP contribution in [0.2, 0.25) is 0 Å². The van der Waals surface area contributed by atoms with Crippen LogP contribution in [0, 0.1) is 5.41 Å². The Bertz CT molecular complexity index is 400. The Balaban J connectivity index is 3.92. The van der Waals surface area contributed by atoms with E-state index in [1.165, 1.54) is 0 Å². The molecule has 0 unspecified atom stereocenters. The second kappa shape index (κ2) is 9.66. The summed E-state index contributed by atoms with van der Waals surface area (Å²) in [4.78, 5) is 33.2. The molecule has 0 aliphatic carbocycles. The lowest BCUT2D eigenvalue weighted by molar-refractivity contribution is -0.160. The quantitative estimate of drug-likeness (QED) is 0.0903. The molecule has 10 heteroatoms. The van der Waals surface area contributed by atoms with Gasteiger partial charge in [0, 0.05) is 13.0 Å². The van der Waals surface area contributed by atoms with Crippen LogP contribution < -0.4 is 22.5 Å². The average Bonchev–Trinajstić information content (AvgIpc) is 2.40. The van der Waals surface area contributed by atoms with Gasteiger partial charge in [-0.3, -0.25) is 15.0 Å². The first-order chi connectivity index (χ1) is 9.73. The van der Waals surface area contributed by atoms with E-state index in [0.29, 0.717) is 13.0 Å². The van der Waals surface area contributed by atoms with Gasteiger partial charge >= 0.3 is 17.9 Å². The summed E-state index contributed by atoms with van der Waals surface area (Å²) in [6, 6.07) is -2.16. The second-order valence-corrected chi connectivity index (χ2v) is 4.37. The number of esters is 2. The van der Waals surface area contributed by atoms with Crippen molar-refractivity contribution < 1.29 is 24.2 Å². The van der Waals surface area contributed by atoms with Gasteiger partial charge in [0.2, 0.25) is 0 Å². The van der Waals surface area contributed by atoms with E-state index in [9.17, 15) is 14.4 Å². The van der Waals surface area contributed by atoms with Crippen LogP contribution in [0.4, 0.5) is 0 Å². The van der Waals surface area contributed by atoms with Crippen LogP contribution in [0.1, 0.15) is 25.7 Å². The highest BCUT2D eigenvalue weighted by molar-refractivity contribution is 5.88. The Morgan fingerprint density at radius 1 is 1.19 bits per heavy atom. The molecule has 2 atom stereocenters. The van der Waals surface area contributed by atoms with Gasteiger partial charge in [-0.05, 0) is 19.3 Å². The predicted octanol–water partition coefficient (Wildman–Crippen LogP) is -2.16. The second-order valence-electron chi connectivity index (χ2n) is 4.37. The summed E-state index contributed by atoms with van der Waals surface area (Å²) in [7, 11) is 0. The minimum atomic E-state index is -1.23. The molecule has 0 bridgehead atoms. The van der Waals surface area contributed by atoms with Crippen LogP contribution in [0.25, 0.3) is 0 Å². The maximum absolute atomic E-state index is 11.5. The number of nitrogens with one attached hydrogen (secondary N) is 2. The van der Waals surface area contributed by atoms with Gasteiger partial charge in [0.05, 0.1) is 0 Å². The van der Waals surface area contributed by atoms with Crippen molar-refractivity contribution in [2.75, 3.05) is 6.54 Å². The number of rotatable bonds is 9. The van der Waals surface area contributed by atoms with Crippen molar-refractivity contribution >= 4 is 23.9 Å². The molecule has 0 saturated carbocycles. The monoisotopic (exact) mass is 303 g/mol. The lowest BCUT2D eigenvalue weighted by Gasteiger charge is -2.11. The number of aliphatic carboxylic acids is 1. The lowest BCUT2D eigenvalue weighted by atomic mass is 10.1. The fraction of sp³-hybridized carbons (Fsp3) is 0.636. The summed E-state index contributed by atoms with van der Waals surface area (Å²) in [5.41, 5.74) is 15.8. The molecular weight excluding hydrogens is 282 g/mol. The Kier molecular flexibility index (Phi) is 8.65. The van der Waals surface area contributed by atoms with Gasteiger partial charge in [-0.15, -0.1) is 0 Å². The van der Waals surface area contributed by atoms with E-state index in [4.69, 9.17) is 27.7 Å². The first kappa shape index (κ1) is 18.8. The van der Waals surface area contributed by atoms with Crippen molar-refractivity contribution in [2.45, 2.75) is 37.8 Å². The van der Waals surface area contributed by atoms with E-state index >= 15 is 0 Å². The van der Waals surface area contributed by atoms with E-state index in [2.05, 4.69) is 10.1 Å². The number of nitrogens with two attached hydrogens (primary N) is 3. The zero-order chi connectivity index (χ0) is 16.4. The molecule has 0 amide bonds. The highest BCUT2D eigenvalue weighted by Gasteiger charge is 2.20. The fourth-order valence-corrected chi connectivity index (χ4v) is 1.30. The molecule has 9 N–H and O–H groups in total. The molecule has 0 aliphatic heterocycles. The first-order valence-corrected chi connectivity index (χ1v) is 6.30. The normalized spacial score (nSPS) is 13.0. The summed E-state index contributed by atoms with van der Waals surface area (Å²) in [5.74, 6) is -3.17. The molecule has 0 aromatic carbocycles. The number of carbonyl (C=O) groups is 3. The van der Waals surface area contributed by atoms with Gasteiger partial charge in [-0.1, -0.05) is 0 Å². The minimum absolute atomic E-state index is 0.126. The molecule has 0 heterocycles. The predicted molar refractivity (Wildman–Crippen MR) is 73.1 cm³/mol. The minimum Gasteiger partial charge on any atom is -0.480 e. The third-order valence-electron chi connectivity index (χ3n) is 2.50. The summed E-state index contributed by atoms with van der Waals surface area (Å²) >= 11 is 0. The van der Waals surface area contributed by atoms with E-state index in [-0.39, 0.29) is 25.2 Å². The fourth-order valence-electron chi connectivity index (χ4n) is 1.30. The Morgan fingerprint density at radius 3 is 2.33 bits per heavy atom. The van der Waals surface area contributed by atoms with E-state index in [0.717, 1.165) is 0 Å². The van der Waals surface area contributed by atoms with Crippen LogP contribution in [0.15, 0.2) is 0 Å². The Labute approximate surface area is 121 Å². The van der Waals surface area contributed by atoms with Crippen LogP contribution in [-0.2, 0) is 19.1 Å². The van der Waals surface area contributed by atoms with Crippen molar-refractivity contribution in [3.05, 3.63) is 0 Å². The zero-order valence-corrected chi connectivity index (χ0v) is 11.5. The largest absolute Gasteiger partial charge is 0.480 e. The van der Waals surface area contributed by atoms with Crippen molar-refractivity contribution in [3.63, 3.8) is 0 Å². The number of hydrogen-bond donors (Lipinski definition) is 6. The first-order valence-electron chi connectivity index (χ1n) is 6.30. The van der Waals surface area contributed by atoms with Crippen LogP contribution in [0.5, 0.6) is 0 Å². The molecule has 120 valence electrons. The van der Waals surface area contributed by atoms with Crippen molar-refractivity contribution in [1.29, 1.82) is 5.41 Å². The number of ether oxygens (including phenoxy) is 1. The topological polar surface area (TPSA) is 195 Å². The van der Waals surface area contributed by atoms with E-state index in [1.54, 1.807) is 0 Å². The van der Waals surface area contributed by atoms with Gasteiger partial charge in [-0.2, -0.15) is 0 Å². The number of hydrogen-bond acceptors (Lipinski definition) is 7. The van der Waals surface area contributed by atoms with Crippen molar-refractivity contribution in [1.82, 2.24) is 5.32 Å². The van der Waals surface area contributed by atoms with E-state index < -0.39 is 30.0 Å². The van der Waals surface area contributed by atoms with Gasteiger partial charge < -0.3 is 32.4 Å². The van der Waals surface area contributed by atoms with Crippen LogP contribution in [-0.4, -0.2) is 47.6 Å². The number of carboxylic acids is 1. The summed E-state index contributed by atoms with van der Waals surface area (Å²) in [6.07, 6.45) is 0.312. The van der Waals surface area contributed by atoms with Crippen LogP contribution >= 0.6 is 0 Å². The van der Waals surface area contributed by atoms with Gasteiger partial charge in [-0.25, -0.2) is 4.79 Å². The molecule has 0 saturated heterocycles. The molecule has 0 aromatic heterocycles. The zero-order valence-electron chi connectivity index (χ0n) is 11.5. The van der Waals surface area contributed by atoms with Gasteiger partial charge in [0.1, 0.15) is 12.1 Å². The smallest absolute Gasteiger partial charge is 0.330 e. The molecule has 0 radical (unpaired) electrons. The third-order valence-corrected chi connectivity index (χ3v) is 2.50. The average molecular weight is 303 g/mol. The number of carboxylic acid groups (broad SMARTS) is 1. The van der Waals surface area contributed by atoms with Gasteiger partial charge in [0.15, 0.2) is 5.96 Å². The molecule has 0 spiro atoms. The number of guanidine groups is 1. The molecule has 10 nitrogen and oxygen atoms in total. The van der Waals surface area contributed by atoms with Crippen LogP contribution in [0.3, 0.4) is 0 Å². The highest BCUT2D eigenvalue weighted by atomic mass is 16.6. The Morgan fingerprint density at radius 2 is 1.81 bits per heavy atom. The maximum atomic E-state index is 11.5. The lowest BCUT2D eigenvalue weighted by Crippen LogP contribution is -2.36.